The number of aryl methyl sites for hydroxylation is 3. The van der Waals surface area contributed by atoms with Crippen LogP contribution in [0.25, 0.3) is 0 Å². The second-order valence-electron chi connectivity index (χ2n) is 8.04. The van der Waals surface area contributed by atoms with E-state index in [9.17, 15) is 13.2 Å². The Morgan fingerprint density at radius 1 is 0.970 bits per heavy atom. The molecule has 0 unspecified atom stereocenters. The molecule has 1 heterocycles. The summed E-state index contributed by atoms with van der Waals surface area (Å²) in [6.45, 7) is 6.69. The van der Waals surface area contributed by atoms with Crippen molar-refractivity contribution in [1.82, 2.24) is 10.0 Å². The number of hydrogen-bond donors (Lipinski definition) is 2. The zero-order chi connectivity index (χ0) is 23.8. The normalized spacial score (nSPS) is 11.5. The molecule has 2 aromatic carbocycles. The molecule has 8 heteroatoms. The number of rotatable bonds is 11. The lowest BCUT2D eigenvalue weighted by Gasteiger charge is -2.13. The second kappa shape index (κ2) is 11.3. The molecule has 7 nitrogen and oxygen atoms in total. The molecule has 3 aromatic rings. The molecule has 0 atom stereocenters. The van der Waals surface area contributed by atoms with Gasteiger partial charge in [-0.3, -0.25) is 4.79 Å². The van der Waals surface area contributed by atoms with Crippen LogP contribution in [0.15, 0.2) is 64.1 Å². The number of nitrogens with one attached hydrogen (secondary N) is 2. The van der Waals surface area contributed by atoms with Gasteiger partial charge in [-0.15, -0.1) is 0 Å². The number of sulfonamides is 1. The molecule has 176 valence electrons. The Kier molecular flexibility index (Phi) is 8.43. The van der Waals surface area contributed by atoms with Gasteiger partial charge in [0.2, 0.25) is 15.9 Å². The topological polar surface area (TPSA) is 97.6 Å². The van der Waals surface area contributed by atoms with Gasteiger partial charge in [-0.2, -0.15) is 0 Å². The van der Waals surface area contributed by atoms with E-state index in [2.05, 4.69) is 10.0 Å². The minimum Gasteiger partial charge on any atom is -0.467 e. The van der Waals surface area contributed by atoms with E-state index < -0.39 is 10.0 Å². The summed E-state index contributed by atoms with van der Waals surface area (Å²) in [6, 6.07) is 15.1. The summed E-state index contributed by atoms with van der Waals surface area (Å²) < 4.78 is 38.8. The average molecular weight is 471 g/mol. The largest absolute Gasteiger partial charge is 0.467 e. The highest BCUT2D eigenvalue weighted by molar-refractivity contribution is 7.89. The first-order valence-corrected chi connectivity index (χ1v) is 12.2. The van der Waals surface area contributed by atoms with Gasteiger partial charge in [0.25, 0.3) is 0 Å². The molecule has 33 heavy (non-hydrogen) atoms. The molecular formula is C25H30N2O5S. The Hall–Kier alpha value is -2.94. The Labute approximate surface area is 195 Å². The van der Waals surface area contributed by atoms with Crippen molar-refractivity contribution in [3.63, 3.8) is 0 Å². The summed E-state index contributed by atoms with van der Waals surface area (Å²) in [5, 5.41) is 2.83. The summed E-state index contributed by atoms with van der Waals surface area (Å²) >= 11 is 0. The summed E-state index contributed by atoms with van der Waals surface area (Å²) in [5.41, 5.74) is 4.32. The Morgan fingerprint density at radius 3 is 2.39 bits per heavy atom. The van der Waals surface area contributed by atoms with Gasteiger partial charge in [0.15, 0.2) is 0 Å². The summed E-state index contributed by atoms with van der Waals surface area (Å²) in [5.74, 6) is 0.538. The molecule has 0 aliphatic carbocycles. The minimum absolute atomic E-state index is 0.0293. The minimum atomic E-state index is -3.68. The van der Waals surface area contributed by atoms with Gasteiger partial charge in [-0.05, 0) is 55.2 Å². The number of benzene rings is 2. The third-order valence-electron chi connectivity index (χ3n) is 5.09. The van der Waals surface area contributed by atoms with E-state index in [0.29, 0.717) is 30.9 Å². The molecule has 0 saturated carbocycles. The van der Waals surface area contributed by atoms with Crippen LogP contribution < -0.4 is 10.0 Å². The zero-order valence-corrected chi connectivity index (χ0v) is 20.0. The van der Waals surface area contributed by atoms with Crippen molar-refractivity contribution >= 4 is 15.9 Å². The van der Waals surface area contributed by atoms with Gasteiger partial charge < -0.3 is 14.5 Å². The lowest BCUT2D eigenvalue weighted by Crippen LogP contribution is -2.31. The predicted octanol–water partition coefficient (Wildman–Crippen LogP) is 3.91. The van der Waals surface area contributed by atoms with Crippen molar-refractivity contribution in [2.24, 2.45) is 0 Å². The van der Waals surface area contributed by atoms with Crippen LogP contribution in [-0.4, -0.2) is 20.9 Å². The van der Waals surface area contributed by atoms with Gasteiger partial charge >= 0.3 is 0 Å². The molecule has 0 spiro atoms. The van der Waals surface area contributed by atoms with Crippen molar-refractivity contribution < 1.29 is 22.4 Å². The quantitative estimate of drug-likeness (QED) is 0.443. The lowest BCUT2D eigenvalue weighted by atomic mass is 10.1. The molecule has 3 rings (SSSR count). The maximum atomic E-state index is 12.7. The van der Waals surface area contributed by atoms with E-state index in [1.54, 1.807) is 20.1 Å². The monoisotopic (exact) mass is 470 g/mol. The molecule has 1 aromatic heterocycles. The summed E-state index contributed by atoms with van der Waals surface area (Å²) in [7, 11) is -3.68. The van der Waals surface area contributed by atoms with E-state index in [4.69, 9.17) is 9.15 Å². The van der Waals surface area contributed by atoms with Gasteiger partial charge in [0.05, 0.1) is 17.8 Å². The van der Waals surface area contributed by atoms with Gasteiger partial charge in [-0.25, -0.2) is 13.1 Å². The highest BCUT2D eigenvalue weighted by Gasteiger charge is 2.19. The van der Waals surface area contributed by atoms with Crippen LogP contribution in [0, 0.1) is 20.8 Å². The van der Waals surface area contributed by atoms with E-state index in [1.807, 2.05) is 55.5 Å². The summed E-state index contributed by atoms with van der Waals surface area (Å²) in [6.07, 6.45) is 1.66. The fourth-order valence-corrected chi connectivity index (χ4v) is 5.23. The first kappa shape index (κ1) is 24.7. The maximum absolute atomic E-state index is 12.7. The Balaban J connectivity index is 1.44. The highest BCUT2D eigenvalue weighted by Crippen LogP contribution is 2.21. The first-order valence-electron chi connectivity index (χ1n) is 10.8. The van der Waals surface area contributed by atoms with E-state index in [0.717, 1.165) is 22.5 Å². The smallest absolute Gasteiger partial charge is 0.241 e. The number of amides is 1. The van der Waals surface area contributed by atoms with Crippen LogP contribution >= 0.6 is 0 Å². The van der Waals surface area contributed by atoms with Gasteiger partial charge in [0.1, 0.15) is 12.4 Å². The SMILES string of the molecule is Cc1cc(C)c(S(=O)(=O)NCCC(=O)NCc2cccc(COCc3ccco3)c2)c(C)c1. The Bertz CT molecular complexity index is 1160. The van der Waals surface area contributed by atoms with Gasteiger partial charge in [0, 0.05) is 19.5 Å². The van der Waals surface area contributed by atoms with E-state index in [-0.39, 0.29) is 23.8 Å². The molecule has 0 bridgehead atoms. The first-order chi connectivity index (χ1) is 15.7. The second-order valence-corrected chi connectivity index (χ2v) is 9.75. The lowest BCUT2D eigenvalue weighted by molar-refractivity contribution is -0.121. The van der Waals surface area contributed by atoms with E-state index in [1.165, 1.54) is 0 Å². The number of ether oxygens (including phenoxy) is 1. The molecule has 2 N–H and O–H groups in total. The number of furan rings is 1. The van der Waals surface area contributed by atoms with Crippen molar-refractivity contribution in [3.05, 3.63) is 88.4 Å². The highest BCUT2D eigenvalue weighted by atomic mass is 32.2. The van der Waals surface area contributed by atoms with Crippen LogP contribution in [0.3, 0.4) is 0 Å². The van der Waals surface area contributed by atoms with Crippen LogP contribution in [0.4, 0.5) is 0 Å². The number of carbonyl (C=O) groups is 1. The van der Waals surface area contributed by atoms with E-state index >= 15 is 0 Å². The molecular weight excluding hydrogens is 440 g/mol. The third kappa shape index (κ3) is 7.28. The van der Waals surface area contributed by atoms with Crippen molar-refractivity contribution in [3.8, 4) is 0 Å². The van der Waals surface area contributed by atoms with Crippen LogP contribution in [-0.2, 0) is 39.3 Å². The summed E-state index contributed by atoms with van der Waals surface area (Å²) in [4.78, 5) is 12.5. The van der Waals surface area contributed by atoms with Crippen LogP contribution in [0.1, 0.15) is 40.0 Å². The average Bonchev–Trinajstić information content (AvgIpc) is 3.25. The molecule has 0 radical (unpaired) electrons. The standard InChI is InChI=1S/C25H30N2O5S/c1-18-12-19(2)25(20(3)13-18)33(29,30)27-10-9-24(28)26-15-21-6-4-7-22(14-21)16-31-17-23-8-5-11-32-23/h4-8,11-14,27H,9-10,15-17H2,1-3H3,(H,26,28). The van der Waals surface area contributed by atoms with Crippen LogP contribution in [0.2, 0.25) is 0 Å². The molecule has 0 aliphatic rings. The Morgan fingerprint density at radius 2 is 1.70 bits per heavy atom. The van der Waals surface area contributed by atoms with Crippen molar-refractivity contribution in [1.29, 1.82) is 0 Å². The fraction of sp³-hybridized carbons (Fsp3) is 0.320. The molecule has 1 amide bonds. The van der Waals surface area contributed by atoms with Gasteiger partial charge in [-0.1, -0.05) is 42.0 Å². The maximum Gasteiger partial charge on any atom is 0.241 e. The van der Waals surface area contributed by atoms with Crippen LogP contribution in [0.5, 0.6) is 0 Å². The zero-order valence-electron chi connectivity index (χ0n) is 19.2. The number of hydrogen-bond acceptors (Lipinski definition) is 5. The molecule has 0 saturated heterocycles. The third-order valence-corrected chi connectivity index (χ3v) is 6.86. The van der Waals surface area contributed by atoms with Crippen molar-refractivity contribution in [2.75, 3.05) is 6.54 Å². The molecule has 0 aliphatic heterocycles. The fourth-order valence-electron chi connectivity index (χ4n) is 3.74. The predicted molar refractivity (Wildman–Crippen MR) is 126 cm³/mol. The van der Waals surface area contributed by atoms with Crippen molar-refractivity contribution in [2.45, 2.75) is 51.8 Å². The number of carbonyl (C=O) groups excluding carboxylic acids is 1. The molecule has 0 fully saturated rings.